The van der Waals surface area contributed by atoms with E-state index in [2.05, 4.69) is 5.32 Å². The second-order valence-electron chi connectivity index (χ2n) is 5.30. The number of carbonyl (C=O) groups is 1. The molecule has 0 spiro atoms. The standard InChI is InChI=1S/C12H24N2O3S/c1-5-13-12(3,4)11(15)14(6-2)10-7-8-18(16,17)9-10/h10,13H,5-9H2,1-4H3. The number of nitrogens with one attached hydrogen (secondary N) is 1. The van der Waals surface area contributed by atoms with E-state index in [4.69, 9.17) is 0 Å². The number of nitrogens with zero attached hydrogens (tertiary/aromatic N) is 1. The lowest BCUT2D eigenvalue weighted by molar-refractivity contribution is -0.138. The van der Waals surface area contributed by atoms with Gasteiger partial charge in [0.1, 0.15) is 0 Å². The molecule has 0 radical (unpaired) electrons. The molecule has 1 unspecified atom stereocenters. The van der Waals surface area contributed by atoms with Crippen LogP contribution < -0.4 is 5.32 Å². The minimum atomic E-state index is -2.96. The Labute approximate surface area is 110 Å². The van der Waals surface area contributed by atoms with Gasteiger partial charge in [-0.05, 0) is 33.7 Å². The Bertz CT molecular complexity index is 404. The summed E-state index contributed by atoms with van der Waals surface area (Å²) < 4.78 is 23.0. The van der Waals surface area contributed by atoms with Crippen LogP contribution in [0.5, 0.6) is 0 Å². The number of sulfone groups is 1. The number of amides is 1. The van der Waals surface area contributed by atoms with E-state index in [0.29, 0.717) is 19.5 Å². The normalized spacial score (nSPS) is 23.0. The van der Waals surface area contributed by atoms with E-state index in [1.165, 1.54) is 0 Å². The molecule has 0 saturated carbocycles. The van der Waals surface area contributed by atoms with Gasteiger partial charge in [-0.25, -0.2) is 8.42 Å². The molecular weight excluding hydrogens is 252 g/mol. The van der Waals surface area contributed by atoms with E-state index in [-0.39, 0.29) is 23.5 Å². The monoisotopic (exact) mass is 276 g/mol. The molecule has 0 aromatic rings. The van der Waals surface area contributed by atoms with Crippen LogP contribution in [0.3, 0.4) is 0 Å². The minimum absolute atomic E-state index is 0.0195. The molecule has 1 aliphatic rings. The van der Waals surface area contributed by atoms with E-state index in [0.717, 1.165) is 0 Å². The van der Waals surface area contributed by atoms with Crippen molar-refractivity contribution in [1.82, 2.24) is 10.2 Å². The van der Waals surface area contributed by atoms with Crippen LogP contribution in [0, 0.1) is 0 Å². The molecule has 0 aromatic heterocycles. The fourth-order valence-corrected chi connectivity index (χ4v) is 4.20. The Morgan fingerprint density at radius 2 is 2.00 bits per heavy atom. The van der Waals surface area contributed by atoms with Crippen molar-refractivity contribution in [2.24, 2.45) is 0 Å². The highest BCUT2D eigenvalue weighted by molar-refractivity contribution is 7.91. The number of rotatable bonds is 5. The Morgan fingerprint density at radius 1 is 1.39 bits per heavy atom. The maximum Gasteiger partial charge on any atom is 0.242 e. The zero-order valence-electron chi connectivity index (χ0n) is 11.7. The third kappa shape index (κ3) is 3.45. The highest BCUT2D eigenvalue weighted by atomic mass is 32.2. The summed E-state index contributed by atoms with van der Waals surface area (Å²) in [4.78, 5) is 14.2. The van der Waals surface area contributed by atoms with Crippen molar-refractivity contribution in [2.45, 2.75) is 45.7 Å². The van der Waals surface area contributed by atoms with Crippen LogP contribution in [-0.4, -0.2) is 55.4 Å². The molecule has 0 bridgehead atoms. The first-order valence-corrected chi connectivity index (χ1v) is 8.32. The summed E-state index contributed by atoms with van der Waals surface area (Å²) in [5.41, 5.74) is -0.642. The zero-order chi connectivity index (χ0) is 14.0. The first kappa shape index (κ1) is 15.4. The van der Waals surface area contributed by atoms with Crippen molar-refractivity contribution >= 4 is 15.7 Å². The number of hydrogen-bond acceptors (Lipinski definition) is 4. The molecule has 1 saturated heterocycles. The summed E-state index contributed by atoms with van der Waals surface area (Å²) in [6.45, 7) is 8.78. The predicted molar refractivity (Wildman–Crippen MR) is 72.2 cm³/mol. The maximum atomic E-state index is 12.5. The van der Waals surface area contributed by atoms with E-state index >= 15 is 0 Å². The third-order valence-corrected chi connectivity index (χ3v) is 5.15. The van der Waals surface area contributed by atoms with Crippen LogP contribution in [0.15, 0.2) is 0 Å². The predicted octanol–water partition coefficient (Wildman–Crippen LogP) is 0.410. The fraction of sp³-hybridized carbons (Fsp3) is 0.917. The molecular formula is C12H24N2O3S. The molecule has 6 heteroatoms. The topological polar surface area (TPSA) is 66.5 Å². The largest absolute Gasteiger partial charge is 0.337 e. The lowest BCUT2D eigenvalue weighted by atomic mass is 10.0. The average Bonchev–Trinajstić information content (AvgIpc) is 2.59. The van der Waals surface area contributed by atoms with Crippen molar-refractivity contribution in [3.05, 3.63) is 0 Å². The van der Waals surface area contributed by atoms with Gasteiger partial charge in [0.15, 0.2) is 9.84 Å². The SMILES string of the molecule is CCNC(C)(C)C(=O)N(CC)C1CCS(=O)(=O)C1. The van der Waals surface area contributed by atoms with E-state index in [1.807, 2.05) is 27.7 Å². The molecule has 1 heterocycles. The molecule has 0 aliphatic carbocycles. The van der Waals surface area contributed by atoms with Gasteiger partial charge in [-0.3, -0.25) is 4.79 Å². The van der Waals surface area contributed by atoms with Gasteiger partial charge in [0.2, 0.25) is 5.91 Å². The molecule has 5 nitrogen and oxygen atoms in total. The van der Waals surface area contributed by atoms with E-state index in [9.17, 15) is 13.2 Å². The van der Waals surface area contributed by atoms with Crippen LogP contribution >= 0.6 is 0 Å². The van der Waals surface area contributed by atoms with Gasteiger partial charge in [-0.2, -0.15) is 0 Å². The Hall–Kier alpha value is -0.620. The number of carbonyl (C=O) groups excluding carboxylic acids is 1. The van der Waals surface area contributed by atoms with Crippen molar-refractivity contribution in [3.8, 4) is 0 Å². The van der Waals surface area contributed by atoms with Gasteiger partial charge >= 0.3 is 0 Å². The minimum Gasteiger partial charge on any atom is -0.337 e. The molecule has 0 aromatic carbocycles. The van der Waals surface area contributed by atoms with Crippen molar-refractivity contribution in [1.29, 1.82) is 0 Å². The molecule has 1 fully saturated rings. The molecule has 1 aliphatic heterocycles. The lowest BCUT2D eigenvalue weighted by Crippen LogP contribution is -2.56. The summed E-state index contributed by atoms with van der Waals surface area (Å²) in [5.74, 6) is 0.284. The highest BCUT2D eigenvalue weighted by Gasteiger charge is 2.38. The Balaban J connectivity index is 2.81. The van der Waals surface area contributed by atoms with Gasteiger partial charge in [-0.1, -0.05) is 6.92 Å². The Morgan fingerprint density at radius 3 is 2.39 bits per heavy atom. The fourth-order valence-electron chi connectivity index (χ4n) is 2.47. The second kappa shape index (κ2) is 5.57. The van der Waals surface area contributed by atoms with Crippen LogP contribution in [0.4, 0.5) is 0 Å². The molecule has 1 rings (SSSR count). The zero-order valence-corrected chi connectivity index (χ0v) is 12.5. The summed E-state index contributed by atoms with van der Waals surface area (Å²) in [6.07, 6.45) is 0.560. The molecule has 18 heavy (non-hydrogen) atoms. The van der Waals surface area contributed by atoms with Crippen LogP contribution in [0.25, 0.3) is 0 Å². The van der Waals surface area contributed by atoms with Crippen LogP contribution in [-0.2, 0) is 14.6 Å². The number of hydrogen-bond donors (Lipinski definition) is 1. The van der Waals surface area contributed by atoms with Crippen molar-refractivity contribution in [2.75, 3.05) is 24.6 Å². The second-order valence-corrected chi connectivity index (χ2v) is 7.53. The summed E-state index contributed by atoms with van der Waals surface area (Å²) in [7, 11) is -2.96. The van der Waals surface area contributed by atoms with Gasteiger partial charge in [0.25, 0.3) is 0 Å². The van der Waals surface area contributed by atoms with E-state index < -0.39 is 15.4 Å². The lowest BCUT2D eigenvalue weighted by Gasteiger charge is -2.35. The molecule has 106 valence electrons. The smallest absolute Gasteiger partial charge is 0.242 e. The summed E-state index contributed by atoms with van der Waals surface area (Å²) >= 11 is 0. The Kier molecular flexibility index (Phi) is 4.78. The number of likely N-dealkylation sites (N-methyl/N-ethyl adjacent to an activating group) is 2. The summed E-state index contributed by atoms with van der Waals surface area (Å²) in [6, 6.07) is -0.162. The first-order chi connectivity index (χ1) is 8.23. The quantitative estimate of drug-likeness (QED) is 0.790. The van der Waals surface area contributed by atoms with Gasteiger partial charge in [-0.15, -0.1) is 0 Å². The molecule has 1 amide bonds. The van der Waals surface area contributed by atoms with Gasteiger partial charge in [0.05, 0.1) is 17.0 Å². The molecule has 1 N–H and O–H groups in total. The van der Waals surface area contributed by atoms with Crippen molar-refractivity contribution in [3.63, 3.8) is 0 Å². The van der Waals surface area contributed by atoms with Crippen LogP contribution in [0.2, 0.25) is 0 Å². The summed E-state index contributed by atoms with van der Waals surface area (Å²) in [5, 5.41) is 3.14. The van der Waals surface area contributed by atoms with Crippen LogP contribution in [0.1, 0.15) is 34.1 Å². The first-order valence-electron chi connectivity index (χ1n) is 6.50. The van der Waals surface area contributed by atoms with Gasteiger partial charge < -0.3 is 10.2 Å². The van der Waals surface area contributed by atoms with Gasteiger partial charge in [0, 0.05) is 12.6 Å². The van der Waals surface area contributed by atoms with E-state index in [1.54, 1.807) is 4.90 Å². The highest BCUT2D eigenvalue weighted by Crippen LogP contribution is 2.20. The molecule has 1 atom stereocenters. The average molecular weight is 276 g/mol. The third-order valence-electron chi connectivity index (χ3n) is 3.40. The van der Waals surface area contributed by atoms with Crippen molar-refractivity contribution < 1.29 is 13.2 Å². The maximum absolute atomic E-state index is 12.5.